The third-order valence-corrected chi connectivity index (χ3v) is 4.49. The van der Waals surface area contributed by atoms with Crippen LogP contribution in [0, 0.1) is 5.92 Å². The Morgan fingerprint density at radius 3 is 2.44 bits per heavy atom. The van der Waals surface area contributed by atoms with E-state index in [2.05, 4.69) is 19.2 Å². The molecule has 1 aromatic carbocycles. The van der Waals surface area contributed by atoms with Gasteiger partial charge in [0.05, 0.1) is 0 Å². The molecule has 1 N–H and O–H groups in total. The lowest BCUT2D eigenvalue weighted by Crippen LogP contribution is -2.34. The highest BCUT2D eigenvalue weighted by molar-refractivity contribution is 6.35. The van der Waals surface area contributed by atoms with Crippen LogP contribution < -0.4 is 5.32 Å². The molecule has 1 atom stereocenters. The summed E-state index contributed by atoms with van der Waals surface area (Å²) in [5.74, 6) is 0.887. The van der Waals surface area contributed by atoms with Crippen molar-refractivity contribution in [2.45, 2.75) is 51.6 Å². The van der Waals surface area contributed by atoms with Crippen LogP contribution in [0.1, 0.15) is 51.1 Å². The third-order valence-electron chi connectivity index (χ3n) is 3.93. The SMILES string of the molecule is CC1CCC(NC(C)c2ccc(Cl)cc2Cl)CC1. The van der Waals surface area contributed by atoms with Gasteiger partial charge < -0.3 is 5.32 Å². The Labute approximate surface area is 120 Å². The molecule has 1 unspecified atom stereocenters. The van der Waals surface area contributed by atoms with E-state index in [1.54, 1.807) is 0 Å². The van der Waals surface area contributed by atoms with Gasteiger partial charge in [0.25, 0.3) is 0 Å². The van der Waals surface area contributed by atoms with Gasteiger partial charge in [-0.05, 0) is 56.2 Å². The van der Waals surface area contributed by atoms with Gasteiger partial charge in [0, 0.05) is 22.1 Å². The van der Waals surface area contributed by atoms with Crippen molar-refractivity contribution >= 4 is 23.2 Å². The first-order chi connectivity index (χ1) is 8.56. The fraction of sp³-hybridized carbons (Fsp3) is 0.600. The van der Waals surface area contributed by atoms with Gasteiger partial charge in [-0.3, -0.25) is 0 Å². The van der Waals surface area contributed by atoms with Crippen molar-refractivity contribution in [1.82, 2.24) is 5.32 Å². The van der Waals surface area contributed by atoms with Gasteiger partial charge in [-0.2, -0.15) is 0 Å². The molecule has 0 aliphatic heterocycles. The maximum absolute atomic E-state index is 6.24. The first-order valence-corrected chi connectivity index (χ1v) is 7.53. The van der Waals surface area contributed by atoms with Crippen LogP contribution in [-0.4, -0.2) is 6.04 Å². The number of benzene rings is 1. The Morgan fingerprint density at radius 1 is 1.17 bits per heavy atom. The molecule has 0 amide bonds. The van der Waals surface area contributed by atoms with E-state index in [1.807, 2.05) is 18.2 Å². The molecule has 1 fully saturated rings. The second-order valence-electron chi connectivity index (χ2n) is 5.51. The maximum atomic E-state index is 6.24. The lowest BCUT2D eigenvalue weighted by Gasteiger charge is -2.30. The van der Waals surface area contributed by atoms with Crippen LogP contribution in [0.5, 0.6) is 0 Å². The molecule has 1 aromatic rings. The van der Waals surface area contributed by atoms with Crippen molar-refractivity contribution in [2.24, 2.45) is 5.92 Å². The predicted octanol–water partition coefficient (Wildman–Crippen LogP) is 5.22. The van der Waals surface area contributed by atoms with E-state index in [-0.39, 0.29) is 6.04 Å². The zero-order valence-corrected chi connectivity index (χ0v) is 12.6. The van der Waals surface area contributed by atoms with Crippen molar-refractivity contribution in [1.29, 1.82) is 0 Å². The second-order valence-corrected chi connectivity index (χ2v) is 6.35. The number of hydrogen-bond acceptors (Lipinski definition) is 1. The van der Waals surface area contributed by atoms with Crippen molar-refractivity contribution in [3.63, 3.8) is 0 Å². The molecular formula is C15H21Cl2N. The Kier molecular flexibility index (Phi) is 4.94. The van der Waals surface area contributed by atoms with E-state index in [1.165, 1.54) is 25.7 Å². The highest BCUT2D eigenvalue weighted by atomic mass is 35.5. The molecule has 1 saturated carbocycles. The molecule has 100 valence electrons. The second kappa shape index (κ2) is 6.27. The zero-order valence-electron chi connectivity index (χ0n) is 11.0. The normalized spacial score (nSPS) is 26.0. The van der Waals surface area contributed by atoms with Gasteiger partial charge in [-0.1, -0.05) is 36.2 Å². The molecular weight excluding hydrogens is 265 g/mol. The fourth-order valence-corrected chi connectivity index (χ4v) is 3.29. The molecule has 2 rings (SSSR count). The van der Waals surface area contributed by atoms with Crippen molar-refractivity contribution in [2.75, 3.05) is 0 Å². The summed E-state index contributed by atoms with van der Waals surface area (Å²) in [5.41, 5.74) is 1.14. The van der Waals surface area contributed by atoms with Crippen LogP contribution in [0.3, 0.4) is 0 Å². The molecule has 1 nitrogen and oxygen atoms in total. The fourth-order valence-electron chi connectivity index (χ4n) is 2.72. The molecule has 0 aromatic heterocycles. The van der Waals surface area contributed by atoms with Gasteiger partial charge in [0.1, 0.15) is 0 Å². The molecule has 0 spiro atoms. The molecule has 1 aliphatic carbocycles. The molecule has 1 aliphatic rings. The average molecular weight is 286 g/mol. The average Bonchev–Trinajstić information content (AvgIpc) is 2.32. The summed E-state index contributed by atoms with van der Waals surface area (Å²) in [6.45, 7) is 4.52. The molecule has 0 radical (unpaired) electrons. The summed E-state index contributed by atoms with van der Waals surface area (Å²) < 4.78 is 0. The van der Waals surface area contributed by atoms with Gasteiger partial charge in [-0.25, -0.2) is 0 Å². The Morgan fingerprint density at radius 2 is 1.83 bits per heavy atom. The Bertz CT molecular complexity index is 397. The van der Waals surface area contributed by atoms with E-state index in [9.17, 15) is 0 Å². The minimum Gasteiger partial charge on any atom is -0.307 e. The van der Waals surface area contributed by atoms with E-state index < -0.39 is 0 Å². The van der Waals surface area contributed by atoms with E-state index in [0.717, 1.165) is 16.5 Å². The number of nitrogens with one attached hydrogen (secondary N) is 1. The smallest absolute Gasteiger partial charge is 0.0468 e. The van der Waals surface area contributed by atoms with Gasteiger partial charge in [-0.15, -0.1) is 0 Å². The highest BCUT2D eigenvalue weighted by Gasteiger charge is 2.20. The van der Waals surface area contributed by atoms with Gasteiger partial charge in [0.15, 0.2) is 0 Å². The van der Waals surface area contributed by atoms with Gasteiger partial charge in [0.2, 0.25) is 0 Å². The quantitative estimate of drug-likeness (QED) is 0.803. The van der Waals surface area contributed by atoms with E-state index >= 15 is 0 Å². The Balaban J connectivity index is 1.97. The summed E-state index contributed by atoms with van der Waals surface area (Å²) in [5, 5.41) is 5.14. The molecule has 0 heterocycles. The standard InChI is InChI=1S/C15H21Cl2N/c1-10-3-6-13(7-4-10)18-11(2)14-8-5-12(16)9-15(14)17/h5,8-11,13,18H,3-4,6-7H2,1-2H3. The molecule has 18 heavy (non-hydrogen) atoms. The van der Waals surface area contributed by atoms with E-state index in [0.29, 0.717) is 11.1 Å². The minimum atomic E-state index is 0.285. The van der Waals surface area contributed by atoms with Gasteiger partial charge >= 0.3 is 0 Å². The Hall–Kier alpha value is -0.240. The summed E-state index contributed by atoms with van der Waals surface area (Å²) in [4.78, 5) is 0. The summed E-state index contributed by atoms with van der Waals surface area (Å²) >= 11 is 12.2. The lowest BCUT2D eigenvalue weighted by atomic mass is 9.87. The van der Waals surface area contributed by atoms with Crippen molar-refractivity contribution in [3.8, 4) is 0 Å². The van der Waals surface area contributed by atoms with Crippen LogP contribution in [0.25, 0.3) is 0 Å². The van der Waals surface area contributed by atoms with Crippen LogP contribution in [-0.2, 0) is 0 Å². The topological polar surface area (TPSA) is 12.0 Å². The third kappa shape index (κ3) is 3.63. The minimum absolute atomic E-state index is 0.285. The number of hydrogen-bond donors (Lipinski definition) is 1. The van der Waals surface area contributed by atoms with Crippen molar-refractivity contribution in [3.05, 3.63) is 33.8 Å². The van der Waals surface area contributed by atoms with Crippen LogP contribution >= 0.6 is 23.2 Å². The number of halogens is 2. The van der Waals surface area contributed by atoms with E-state index in [4.69, 9.17) is 23.2 Å². The molecule has 0 bridgehead atoms. The maximum Gasteiger partial charge on any atom is 0.0468 e. The van der Waals surface area contributed by atoms with Crippen molar-refractivity contribution < 1.29 is 0 Å². The predicted molar refractivity (Wildman–Crippen MR) is 79.4 cm³/mol. The molecule has 0 saturated heterocycles. The first-order valence-electron chi connectivity index (χ1n) is 6.77. The highest BCUT2D eigenvalue weighted by Crippen LogP contribution is 2.29. The molecule has 3 heteroatoms. The lowest BCUT2D eigenvalue weighted by molar-refractivity contribution is 0.292. The summed E-state index contributed by atoms with van der Waals surface area (Å²) in [7, 11) is 0. The largest absolute Gasteiger partial charge is 0.307 e. The van der Waals surface area contributed by atoms with Crippen LogP contribution in [0.2, 0.25) is 10.0 Å². The number of rotatable bonds is 3. The first kappa shape index (κ1) is 14.2. The van der Waals surface area contributed by atoms with Crippen LogP contribution in [0.15, 0.2) is 18.2 Å². The summed E-state index contributed by atoms with van der Waals surface area (Å²) in [6, 6.07) is 6.66. The monoisotopic (exact) mass is 285 g/mol. The zero-order chi connectivity index (χ0) is 13.1. The van der Waals surface area contributed by atoms with Crippen LogP contribution in [0.4, 0.5) is 0 Å². The summed E-state index contributed by atoms with van der Waals surface area (Å²) in [6.07, 6.45) is 5.21.